The van der Waals surface area contributed by atoms with Gasteiger partial charge in [-0.1, -0.05) is 18.2 Å². The Bertz CT molecular complexity index is 847. The Morgan fingerprint density at radius 1 is 1.36 bits per heavy atom. The van der Waals surface area contributed by atoms with Crippen LogP contribution in [-0.4, -0.2) is 36.9 Å². The van der Waals surface area contributed by atoms with Crippen LogP contribution in [0.3, 0.4) is 0 Å². The van der Waals surface area contributed by atoms with Crippen LogP contribution in [0.15, 0.2) is 30.3 Å². The molecule has 0 spiro atoms. The van der Waals surface area contributed by atoms with Crippen molar-refractivity contribution in [3.05, 3.63) is 45.9 Å². The zero-order valence-electron chi connectivity index (χ0n) is 13.9. The standard InChI is InChI=1S/C17H20N2O4S2/c1-12-15(9-16(20)19-13-7-8-25(21,22)11-13)24-17(18-12)10-23-14-5-3-2-4-6-14/h2-6,13H,7-11H2,1H3,(H,19,20). The Hall–Kier alpha value is -1.93. The Kier molecular flexibility index (Phi) is 5.39. The predicted octanol–water partition coefficient (Wildman–Crippen LogP) is 1.88. The zero-order chi connectivity index (χ0) is 17.9. The number of carbonyl (C=O) groups is 1. The van der Waals surface area contributed by atoms with Crippen LogP contribution in [0.4, 0.5) is 0 Å². The quantitative estimate of drug-likeness (QED) is 0.827. The van der Waals surface area contributed by atoms with E-state index in [1.165, 1.54) is 11.3 Å². The average molecular weight is 380 g/mol. The van der Waals surface area contributed by atoms with E-state index in [2.05, 4.69) is 10.3 Å². The number of nitrogens with zero attached hydrogens (tertiary/aromatic N) is 1. The SMILES string of the molecule is Cc1nc(COc2ccccc2)sc1CC(=O)NC1CCS(=O)(=O)C1. The molecule has 134 valence electrons. The first-order valence-electron chi connectivity index (χ1n) is 8.04. The Labute approximate surface area is 151 Å². The van der Waals surface area contributed by atoms with Gasteiger partial charge in [-0.05, 0) is 25.5 Å². The minimum absolute atomic E-state index is 0.0383. The van der Waals surface area contributed by atoms with E-state index in [0.29, 0.717) is 13.0 Å². The van der Waals surface area contributed by atoms with E-state index in [0.717, 1.165) is 21.3 Å². The van der Waals surface area contributed by atoms with Crippen molar-refractivity contribution in [2.45, 2.75) is 32.4 Å². The molecule has 3 rings (SSSR count). The summed E-state index contributed by atoms with van der Waals surface area (Å²) in [6.45, 7) is 2.23. The summed E-state index contributed by atoms with van der Waals surface area (Å²) in [5.41, 5.74) is 0.811. The number of thiazole rings is 1. The van der Waals surface area contributed by atoms with Crippen molar-refractivity contribution in [2.24, 2.45) is 0 Å². The molecule has 1 saturated heterocycles. The van der Waals surface area contributed by atoms with Gasteiger partial charge in [0.2, 0.25) is 5.91 Å². The Balaban J connectivity index is 1.54. The average Bonchev–Trinajstić information content (AvgIpc) is 3.08. The third kappa shape index (κ3) is 5.02. The summed E-state index contributed by atoms with van der Waals surface area (Å²) >= 11 is 1.45. The van der Waals surface area contributed by atoms with Crippen molar-refractivity contribution in [3.8, 4) is 5.75 Å². The second-order valence-corrected chi connectivity index (χ2v) is 9.46. The lowest BCUT2D eigenvalue weighted by atomic mass is 10.2. The highest BCUT2D eigenvalue weighted by Crippen LogP contribution is 2.21. The van der Waals surface area contributed by atoms with E-state index in [1.54, 1.807) is 0 Å². The molecule has 1 amide bonds. The molecule has 0 bridgehead atoms. The molecule has 25 heavy (non-hydrogen) atoms. The third-order valence-electron chi connectivity index (χ3n) is 3.96. The first-order valence-corrected chi connectivity index (χ1v) is 10.7. The van der Waals surface area contributed by atoms with Gasteiger partial charge in [-0.15, -0.1) is 11.3 Å². The van der Waals surface area contributed by atoms with E-state index in [9.17, 15) is 13.2 Å². The maximum absolute atomic E-state index is 12.2. The summed E-state index contributed by atoms with van der Waals surface area (Å²) in [6, 6.07) is 9.22. The topological polar surface area (TPSA) is 85.4 Å². The first kappa shape index (κ1) is 17.9. The number of hydrogen-bond donors (Lipinski definition) is 1. The number of hydrogen-bond acceptors (Lipinski definition) is 6. The molecule has 8 heteroatoms. The van der Waals surface area contributed by atoms with Crippen molar-refractivity contribution in [2.75, 3.05) is 11.5 Å². The molecule has 2 heterocycles. The van der Waals surface area contributed by atoms with Gasteiger partial charge in [0.05, 0.1) is 23.6 Å². The molecule has 1 N–H and O–H groups in total. The molecule has 1 atom stereocenters. The van der Waals surface area contributed by atoms with Crippen molar-refractivity contribution >= 4 is 27.1 Å². The molecule has 2 aromatic rings. The summed E-state index contributed by atoms with van der Waals surface area (Å²) in [6.07, 6.45) is 0.706. The van der Waals surface area contributed by atoms with Gasteiger partial charge in [0, 0.05) is 10.9 Å². The van der Waals surface area contributed by atoms with E-state index in [4.69, 9.17) is 4.74 Å². The monoisotopic (exact) mass is 380 g/mol. The predicted molar refractivity (Wildman–Crippen MR) is 96.5 cm³/mol. The number of sulfone groups is 1. The van der Waals surface area contributed by atoms with E-state index >= 15 is 0 Å². The van der Waals surface area contributed by atoms with Gasteiger partial charge < -0.3 is 10.1 Å². The molecule has 0 saturated carbocycles. The Morgan fingerprint density at radius 3 is 2.80 bits per heavy atom. The lowest BCUT2D eigenvalue weighted by molar-refractivity contribution is -0.120. The first-order chi connectivity index (χ1) is 11.9. The highest BCUT2D eigenvalue weighted by molar-refractivity contribution is 7.91. The molecule has 1 aliphatic rings. The number of amides is 1. The molecule has 1 aromatic heterocycles. The normalized spacial score (nSPS) is 18.8. The lowest BCUT2D eigenvalue weighted by Gasteiger charge is -2.10. The van der Waals surface area contributed by atoms with Gasteiger partial charge in [0.1, 0.15) is 17.4 Å². The van der Waals surface area contributed by atoms with Crippen LogP contribution in [0.2, 0.25) is 0 Å². The maximum Gasteiger partial charge on any atom is 0.225 e. The van der Waals surface area contributed by atoms with Gasteiger partial charge in [-0.3, -0.25) is 4.79 Å². The molecule has 6 nitrogen and oxygen atoms in total. The number of aryl methyl sites for hydroxylation is 1. The fraction of sp³-hybridized carbons (Fsp3) is 0.412. The molecule has 1 aromatic carbocycles. The summed E-state index contributed by atoms with van der Waals surface area (Å²) in [5.74, 6) is 0.802. The van der Waals surface area contributed by atoms with Crippen LogP contribution < -0.4 is 10.1 Å². The molecule has 0 radical (unpaired) electrons. The summed E-state index contributed by atoms with van der Waals surface area (Å²) < 4.78 is 28.6. The maximum atomic E-state index is 12.2. The molecular formula is C17H20N2O4S2. The summed E-state index contributed by atoms with van der Waals surface area (Å²) in [7, 11) is -2.99. The fourth-order valence-corrected chi connectivity index (χ4v) is 5.36. The molecule has 1 unspecified atom stereocenters. The minimum atomic E-state index is -2.99. The smallest absolute Gasteiger partial charge is 0.225 e. The van der Waals surface area contributed by atoms with Crippen LogP contribution in [0.5, 0.6) is 5.75 Å². The van der Waals surface area contributed by atoms with E-state index in [1.807, 2.05) is 37.3 Å². The van der Waals surface area contributed by atoms with Crippen LogP contribution in [-0.2, 0) is 27.7 Å². The highest BCUT2D eigenvalue weighted by atomic mass is 32.2. The summed E-state index contributed by atoms with van der Waals surface area (Å²) in [4.78, 5) is 17.5. The molecule has 0 aliphatic carbocycles. The largest absolute Gasteiger partial charge is 0.486 e. The van der Waals surface area contributed by atoms with Crippen LogP contribution in [0, 0.1) is 6.92 Å². The number of carbonyl (C=O) groups excluding carboxylic acids is 1. The third-order valence-corrected chi connectivity index (χ3v) is 6.86. The minimum Gasteiger partial charge on any atom is -0.486 e. The van der Waals surface area contributed by atoms with Gasteiger partial charge in [-0.2, -0.15) is 0 Å². The molecule has 1 aliphatic heterocycles. The number of benzene rings is 1. The Morgan fingerprint density at radius 2 is 2.12 bits per heavy atom. The summed E-state index contributed by atoms with van der Waals surface area (Å²) in [5, 5.41) is 3.62. The number of para-hydroxylation sites is 1. The fourth-order valence-electron chi connectivity index (χ4n) is 2.71. The van der Waals surface area contributed by atoms with Crippen molar-refractivity contribution in [1.29, 1.82) is 0 Å². The van der Waals surface area contributed by atoms with Crippen molar-refractivity contribution < 1.29 is 17.9 Å². The van der Waals surface area contributed by atoms with Gasteiger partial charge in [0.25, 0.3) is 0 Å². The number of rotatable bonds is 6. The van der Waals surface area contributed by atoms with Crippen molar-refractivity contribution in [1.82, 2.24) is 10.3 Å². The van der Waals surface area contributed by atoms with Crippen molar-refractivity contribution in [3.63, 3.8) is 0 Å². The number of nitrogens with one attached hydrogen (secondary N) is 1. The van der Waals surface area contributed by atoms with E-state index < -0.39 is 9.84 Å². The lowest BCUT2D eigenvalue weighted by Crippen LogP contribution is -2.36. The molecular weight excluding hydrogens is 360 g/mol. The number of ether oxygens (including phenoxy) is 1. The van der Waals surface area contributed by atoms with Crippen LogP contribution >= 0.6 is 11.3 Å². The van der Waals surface area contributed by atoms with Gasteiger partial charge in [-0.25, -0.2) is 13.4 Å². The zero-order valence-corrected chi connectivity index (χ0v) is 15.5. The second kappa shape index (κ2) is 7.53. The van der Waals surface area contributed by atoms with Gasteiger partial charge >= 0.3 is 0 Å². The van der Waals surface area contributed by atoms with Crippen LogP contribution in [0.25, 0.3) is 0 Å². The second-order valence-electron chi connectivity index (χ2n) is 6.06. The molecule has 1 fully saturated rings. The van der Waals surface area contributed by atoms with Gasteiger partial charge in [0.15, 0.2) is 9.84 Å². The van der Waals surface area contributed by atoms with Crippen LogP contribution in [0.1, 0.15) is 22.0 Å². The highest BCUT2D eigenvalue weighted by Gasteiger charge is 2.29. The number of aromatic nitrogens is 1. The van der Waals surface area contributed by atoms with E-state index in [-0.39, 0.29) is 29.9 Å².